The third kappa shape index (κ3) is 6.93. The molecule has 98 valence electrons. The van der Waals surface area contributed by atoms with E-state index in [1.165, 1.54) is 6.92 Å². The number of allylic oxidation sites excluding steroid dienone is 4. The quantitative estimate of drug-likeness (QED) is 0.465. The zero-order chi connectivity index (χ0) is 13.5. The Bertz CT molecular complexity index is 301. The predicted molar refractivity (Wildman–Crippen MR) is 68.1 cm³/mol. The fourth-order valence-corrected chi connectivity index (χ4v) is 0.900. The number of halogens is 2. The van der Waals surface area contributed by atoms with Crippen molar-refractivity contribution >= 4 is 0 Å². The van der Waals surface area contributed by atoms with Crippen molar-refractivity contribution in [1.29, 1.82) is 0 Å². The fourth-order valence-electron chi connectivity index (χ4n) is 0.900. The summed E-state index contributed by atoms with van der Waals surface area (Å²) < 4.78 is 31.0. The molecular formula is C14H22F2O. The molecule has 0 radical (unpaired) electrons. The molecule has 17 heavy (non-hydrogen) atoms. The average molecular weight is 244 g/mol. The Morgan fingerprint density at radius 2 is 1.94 bits per heavy atom. The highest BCUT2D eigenvalue weighted by Crippen LogP contribution is 2.20. The Morgan fingerprint density at radius 3 is 2.35 bits per heavy atom. The summed E-state index contributed by atoms with van der Waals surface area (Å²) in [5, 5.41) is 0. The van der Waals surface area contributed by atoms with E-state index < -0.39 is 12.5 Å². The molecule has 0 aromatic carbocycles. The van der Waals surface area contributed by atoms with Gasteiger partial charge in [0.25, 0.3) is 5.92 Å². The Labute approximate surface area is 103 Å². The van der Waals surface area contributed by atoms with Gasteiger partial charge in [0.05, 0.1) is 0 Å². The van der Waals surface area contributed by atoms with Gasteiger partial charge in [-0.15, -0.1) is 0 Å². The fraction of sp³-hybridized carbons (Fsp3) is 0.571. The van der Waals surface area contributed by atoms with Crippen LogP contribution in [0.3, 0.4) is 0 Å². The number of alkyl halides is 2. The lowest BCUT2D eigenvalue weighted by Crippen LogP contribution is -2.21. The second-order valence-corrected chi connectivity index (χ2v) is 4.25. The molecule has 0 aliphatic rings. The third-order valence-corrected chi connectivity index (χ3v) is 2.46. The second kappa shape index (κ2) is 7.25. The third-order valence-electron chi connectivity index (χ3n) is 2.46. The van der Waals surface area contributed by atoms with Crippen molar-refractivity contribution < 1.29 is 13.5 Å². The van der Waals surface area contributed by atoms with Gasteiger partial charge in [-0.05, 0) is 25.0 Å². The lowest BCUT2D eigenvalue weighted by atomic mass is 10.1. The molecule has 0 rings (SSSR count). The Kier molecular flexibility index (Phi) is 6.78. The molecule has 0 saturated carbocycles. The van der Waals surface area contributed by atoms with Crippen molar-refractivity contribution in [3.63, 3.8) is 0 Å². The monoisotopic (exact) mass is 244 g/mol. The van der Waals surface area contributed by atoms with E-state index in [1.54, 1.807) is 25.2 Å². The molecule has 0 N–H and O–H groups in total. The molecule has 0 bridgehead atoms. The Morgan fingerprint density at radius 1 is 1.35 bits per heavy atom. The zero-order valence-corrected chi connectivity index (χ0v) is 11.1. The van der Waals surface area contributed by atoms with E-state index in [2.05, 4.69) is 6.58 Å². The van der Waals surface area contributed by atoms with Crippen LogP contribution in [0.4, 0.5) is 8.78 Å². The minimum Gasteiger partial charge on any atom is -0.488 e. The summed E-state index contributed by atoms with van der Waals surface area (Å²) in [5.74, 6) is -1.99. The largest absolute Gasteiger partial charge is 0.488 e. The second-order valence-electron chi connectivity index (χ2n) is 4.25. The summed E-state index contributed by atoms with van der Waals surface area (Å²) >= 11 is 0. The van der Waals surface area contributed by atoms with Crippen LogP contribution in [0.25, 0.3) is 0 Å². The van der Waals surface area contributed by atoms with E-state index in [9.17, 15) is 8.78 Å². The molecule has 0 amide bonds. The summed E-state index contributed by atoms with van der Waals surface area (Å²) in [5.41, 5.74) is 0.940. The van der Waals surface area contributed by atoms with Crippen LogP contribution in [0.1, 0.15) is 34.1 Å². The molecule has 0 fully saturated rings. The maximum atomic E-state index is 13.0. The molecule has 0 unspecified atom stereocenters. The van der Waals surface area contributed by atoms with Crippen molar-refractivity contribution in [1.82, 2.24) is 0 Å². The number of hydrogen-bond donors (Lipinski definition) is 0. The van der Waals surface area contributed by atoms with Crippen LogP contribution in [0.15, 0.2) is 36.1 Å². The topological polar surface area (TPSA) is 9.23 Å². The van der Waals surface area contributed by atoms with Crippen molar-refractivity contribution in [3.05, 3.63) is 36.1 Å². The SMILES string of the molecule is C=C(C=CC(=CC)OCC(F)(F)CC)C(C)C. The average Bonchev–Trinajstić information content (AvgIpc) is 2.28. The normalized spacial score (nSPS) is 13.5. The number of rotatable bonds is 7. The molecule has 0 aliphatic carbocycles. The summed E-state index contributed by atoms with van der Waals surface area (Å²) in [4.78, 5) is 0. The molecule has 0 atom stereocenters. The molecule has 0 aromatic rings. The van der Waals surface area contributed by atoms with Gasteiger partial charge in [0.15, 0.2) is 6.61 Å². The molecule has 0 heterocycles. The maximum absolute atomic E-state index is 13.0. The summed E-state index contributed by atoms with van der Waals surface area (Å²) in [6, 6.07) is 0. The van der Waals surface area contributed by atoms with Crippen molar-refractivity contribution in [2.24, 2.45) is 5.92 Å². The van der Waals surface area contributed by atoms with Crippen LogP contribution in [0, 0.1) is 5.92 Å². The van der Waals surface area contributed by atoms with Gasteiger partial charge in [-0.1, -0.05) is 39.0 Å². The van der Waals surface area contributed by atoms with Gasteiger partial charge in [-0.2, -0.15) is 0 Å². The first-order valence-electron chi connectivity index (χ1n) is 5.86. The van der Waals surface area contributed by atoms with Crippen LogP contribution >= 0.6 is 0 Å². The Balaban J connectivity index is 4.34. The predicted octanol–water partition coefficient (Wildman–Crippen LogP) is 4.72. The van der Waals surface area contributed by atoms with Gasteiger partial charge in [0, 0.05) is 6.42 Å². The van der Waals surface area contributed by atoms with Crippen molar-refractivity contribution in [2.75, 3.05) is 6.61 Å². The molecule has 0 aromatic heterocycles. The zero-order valence-electron chi connectivity index (χ0n) is 11.1. The van der Waals surface area contributed by atoms with Gasteiger partial charge in [-0.3, -0.25) is 0 Å². The van der Waals surface area contributed by atoms with E-state index in [-0.39, 0.29) is 6.42 Å². The highest BCUT2D eigenvalue weighted by atomic mass is 19.3. The van der Waals surface area contributed by atoms with E-state index in [1.807, 2.05) is 13.8 Å². The van der Waals surface area contributed by atoms with E-state index in [4.69, 9.17) is 4.74 Å². The van der Waals surface area contributed by atoms with E-state index in [0.29, 0.717) is 11.7 Å². The molecule has 0 spiro atoms. The van der Waals surface area contributed by atoms with Gasteiger partial charge < -0.3 is 4.74 Å². The van der Waals surface area contributed by atoms with Crippen LogP contribution in [-0.4, -0.2) is 12.5 Å². The molecule has 1 nitrogen and oxygen atoms in total. The maximum Gasteiger partial charge on any atom is 0.281 e. The van der Waals surface area contributed by atoms with Crippen molar-refractivity contribution in [3.8, 4) is 0 Å². The smallest absolute Gasteiger partial charge is 0.281 e. The van der Waals surface area contributed by atoms with Crippen molar-refractivity contribution in [2.45, 2.75) is 40.0 Å². The van der Waals surface area contributed by atoms with Gasteiger partial charge in [-0.25, -0.2) is 8.78 Å². The molecule has 3 heteroatoms. The molecular weight excluding hydrogens is 222 g/mol. The first kappa shape index (κ1) is 15.9. The van der Waals surface area contributed by atoms with Gasteiger partial charge >= 0.3 is 0 Å². The highest BCUT2D eigenvalue weighted by molar-refractivity contribution is 5.23. The first-order valence-corrected chi connectivity index (χ1v) is 5.86. The minimum absolute atomic E-state index is 0.216. The van der Waals surface area contributed by atoms with Gasteiger partial charge in [0.2, 0.25) is 0 Å². The van der Waals surface area contributed by atoms with E-state index in [0.717, 1.165) is 5.57 Å². The van der Waals surface area contributed by atoms with Crippen LogP contribution in [0.2, 0.25) is 0 Å². The van der Waals surface area contributed by atoms with Crippen LogP contribution in [-0.2, 0) is 4.74 Å². The minimum atomic E-state index is -2.77. The molecule has 0 aliphatic heterocycles. The van der Waals surface area contributed by atoms with Crippen LogP contribution in [0.5, 0.6) is 0 Å². The summed E-state index contributed by atoms with van der Waals surface area (Å²) in [7, 11) is 0. The molecule has 0 saturated heterocycles. The number of ether oxygens (including phenoxy) is 1. The summed E-state index contributed by atoms with van der Waals surface area (Å²) in [6.45, 7) is 10.5. The highest BCUT2D eigenvalue weighted by Gasteiger charge is 2.27. The lowest BCUT2D eigenvalue weighted by Gasteiger charge is -2.15. The van der Waals surface area contributed by atoms with Crippen LogP contribution < -0.4 is 0 Å². The van der Waals surface area contributed by atoms with E-state index >= 15 is 0 Å². The standard InChI is InChI=1S/C14H22F2O/c1-6-13(9-8-12(5)11(3)4)17-10-14(15,16)7-2/h6,8-9,11H,5,7,10H2,1-4H3. The number of hydrogen-bond acceptors (Lipinski definition) is 1. The Hall–Kier alpha value is -1.12. The van der Waals surface area contributed by atoms with Gasteiger partial charge in [0.1, 0.15) is 5.76 Å². The summed E-state index contributed by atoms with van der Waals surface area (Å²) in [6.07, 6.45) is 4.92. The first-order chi connectivity index (χ1) is 7.82. The lowest BCUT2D eigenvalue weighted by molar-refractivity contribution is -0.0605.